The van der Waals surface area contributed by atoms with E-state index in [0.717, 1.165) is 12.3 Å². The van der Waals surface area contributed by atoms with Gasteiger partial charge in [-0.2, -0.15) is 0 Å². The second-order valence-corrected chi connectivity index (χ2v) is 5.95. The standard InChI is InChI=1S/C18H25FO/c1-3-4-7-15-9-11-16(12-10-15)13-20-17-8-5-6-14(2)18(17)19/h3,5-6,8,15-16H,1,4,7,9-13H2,2H3. The Bertz CT molecular complexity index is 433. The normalized spacial score (nSPS) is 22.5. The second kappa shape index (κ2) is 7.47. The van der Waals surface area contributed by atoms with E-state index in [1.165, 1.54) is 32.1 Å². The van der Waals surface area contributed by atoms with Crippen molar-refractivity contribution in [3.8, 4) is 5.75 Å². The molecule has 0 N–H and O–H groups in total. The Balaban J connectivity index is 1.76. The second-order valence-electron chi connectivity index (χ2n) is 5.95. The molecular formula is C18H25FO. The van der Waals surface area contributed by atoms with Crippen molar-refractivity contribution in [3.63, 3.8) is 0 Å². The summed E-state index contributed by atoms with van der Waals surface area (Å²) < 4.78 is 19.5. The van der Waals surface area contributed by atoms with Crippen LogP contribution < -0.4 is 4.74 Å². The molecule has 0 atom stereocenters. The maximum atomic E-state index is 13.8. The highest BCUT2D eigenvalue weighted by atomic mass is 19.1. The number of hydrogen-bond acceptors (Lipinski definition) is 1. The number of benzene rings is 1. The van der Waals surface area contributed by atoms with Gasteiger partial charge in [0, 0.05) is 0 Å². The molecule has 0 radical (unpaired) electrons. The average Bonchev–Trinajstić information content (AvgIpc) is 2.48. The van der Waals surface area contributed by atoms with Gasteiger partial charge in [0.2, 0.25) is 0 Å². The third kappa shape index (κ3) is 4.09. The molecule has 110 valence electrons. The predicted octanol–water partition coefficient (Wildman–Crippen LogP) is 5.29. The SMILES string of the molecule is C=CCCC1CCC(COc2cccc(C)c2F)CC1. The molecular weight excluding hydrogens is 251 g/mol. The van der Waals surface area contributed by atoms with E-state index in [1.54, 1.807) is 19.1 Å². The average molecular weight is 276 g/mol. The molecule has 1 nitrogen and oxygen atoms in total. The summed E-state index contributed by atoms with van der Waals surface area (Å²) >= 11 is 0. The quantitative estimate of drug-likeness (QED) is 0.642. The molecule has 1 aliphatic carbocycles. The fourth-order valence-corrected chi connectivity index (χ4v) is 2.98. The predicted molar refractivity (Wildman–Crippen MR) is 81.5 cm³/mol. The Morgan fingerprint density at radius 2 is 1.95 bits per heavy atom. The Morgan fingerprint density at radius 3 is 2.65 bits per heavy atom. The van der Waals surface area contributed by atoms with E-state index in [-0.39, 0.29) is 5.82 Å². The van der Waals surface area contributed by atoms with Crippen molar-refractivity contribution < 1.29 is 9.13 Å². The number of allylic oxidation sites excluding steroid dienone is 1. The minimum Gasteiger partial charge on any atom is -0.490 e. The van der Waals surface area contributed by atoms with Gasteiger partial charge in [0.05, 0.1) is 6.61 Å². The highest BCUT2D eigenvalue weighted by Crippen LogP contribution is 2.32. The van der Waals surface area contributed by atoms with Gasteiger partial charge in [-0.25, -0.2) is 4.39 Å². The molecule has 0 heterocycles. The van der Waals surface area contributed by atoms with Gasteiger partial charge in [-0.1, -0.05) is 31.1 Å². The van der Waals surface area contributed by atoms with Crippen LogP contribution in [0.5, 0.6) is 5.75 Å². The van der Waals surface area contributed by atoms with Crippen LogP contribution in [0.25, 0.3) is 0 Å². The van der Waals surface area contributed by atoms with Crippen molar-refractivity contribution in [3.05, 3.63) is 42.2 Å². The van der Waals surface area contributed by atoms with Crippen LogP contribution in [0.3, 0.4) is 0 Å². The number of ether oxygens (including phenoxy) is 1. The lowest BCUT2D eigenvalue weighted by Crippen LogP contribution is -2.20. The summed E-state index contributed by atoms with van der Waals surface area (Å²) in [7, 11) is 0. The van der Waals surface area contributed by atoms with E-state index in [2.05, 4.69) is 6.58 Å². The Morgan fingerprint density at radius 1 is 1.25 bits per heavy atom. The monoisotopic (exact) mass is 276 g/mol. The summed E-state index contributed by atoms with van der Waals surface area (Å²) in [4.78, 5) is 0. The number of rotatable bonds is 6. The Hall–Kier alpha value is -1.31. The highest BCUT2D eigenvalue weighted by Gasteiger charge is 2.21. The van der Waals surface area contributed by atoms with Crippen molar-refractivity contribution in [2.75, 3.05) is 6.61 Å². The van der Waals surface area contributed by atoms with Gasteiger partial charge >= 0.3 is 0 Å². The molecule has 20 heavy (non-hydrogen) atoms. The molecule has 1 fully saturated rings. The lowest BCUT2D eigenvalue weighted by Gasteiger charge is -2.28. The van der Waals surface area contributed by atoms with E-state index < -0.39 is 0 Å². The first-order valence-corrected chi connectivity index (χ1v) is 7.69. The van der Waals surface area contributed by atoms with Crippen LogP contribution in [0.1, 0.15) is 44.1 Å². The van der Waals surface area contributed by atoms with E-state index in [4.69, 9.17) is 4.74 Å². The van der Waals surface area contributed by atoms with Crippen LogP contribution in [0.4, 0.5) is 4.39 Å². The van der Waals surface area contributed by atoms with Gasteiger partial charge < -0.3 is 4.74 Å². The van der Waals surface area contributed by atoms with Crippen LogP contribution >= 0.6 is 0 Å². The van der Waals surface area contributed by atoms with Gasteiger partial charge in [-0.3, -0.25) is 0 Å². The molecule has 0 spiro atoms. The smallest absolute Gasteiger partial charge is 0.167 e. The molecule has 1 aromatic carbocycles. The van der Waals surface area contributed by atoms with Crippen molar-refractivity contribution in [1.29, 1.82) is 0 Å². The summed E-state index contributed by atoms with van der Waals surface area (Å²) in [6.45, 7) is 6.20. The topological polar surface area (TPSA) is 9.23 Å². The largest absolute Gasteiger partial charge is 0.490 e. The van der Waals surface area contributed by atoms with E-state index in [1.807, 2.05) is 12.1 Å². The third-order valence-electron chi connectivity index (χ3n) is 4.38. The zero-order valence-electron chi connectivity index (χ0n) is 12.4. The van der Waals surface area contributed by atoms with Crippen LogP contribution in [0.15, 0.2) is 30.9 Å². The first-order valence-electron chi connectivity index (χ1n) is 7.69. The fourth-order valence-electron chi connectivity index (χ4n) is 2.98. The van der Waals surface area contributed by atoms with Gasteiger partial charge in [-0.15, -0.1) is 6.58 Å². The summed E-state index contributed by atoms with van der Waals surface area (Å²) in [5.41, 5.74) is 0.649. The fraction of sp³-hybridized carbons (Fsp3) is 0.556. The molecule has 2 rings (SSSR count). The lowest BCUT2D eigenvalue weighted by molar-refractivity contribution is 0.175. The zero-order chi connectivity index (χ0) is 14.4. The Kier molecular flexibility index (Phi) is 5.63. The summed E-state index contributed by atoms with van der Waals surface area (Å²) in [5.74, 6) is 1.61. The van der Waals surface area contributed by atoms with E-state index in [0.29, 0.717) is 23.8 Å². The van der Waals surface area contributed by atoms with Crippen molar-refractivity contribution in [2.24, 2.45) is 11.8 Å². The molecule has 0 aliphatic heterocycles. The molecule has 0 unspecified atom stereocenters. The Labute approximate surface area is 121 Å². The van der Waals surface area contributed by atoms with Crippen molar-refractivity contribution in [1.82, 2.24) is 0 Å². The number of aryl methyl sites for hydroxylation is 1. The van der Waals surface area contributed by atoms with Crippen LogP contribution in [-0.4, -0.2) is 6.61 Å². The third-order valence-corrected chi connectivity index (χ3v) is 4.38. The van der Waals surface area contributed by atoms with Crippen LogP contribution in [-0.2, 0) is 0 Å². The van der Waals surface area contributed by atoms with E-state index in [9.17, 15) is 4.39 Å². The highest BCUT2D eigenvalue weighted by molar-refractivity contribution is 5.30. The summed E-state index contributed by atoms with van der Waals surface area (Å²) in [6, 6.07) is 5.34. The molecule has 0 bridgehead atoms. The van der Waals surface area contributed by atoms with Crippen molar-refractivity contribution >= 4 is 0 Å². The number of halogens is 1. The molecule has 2 heteroatoms. The minimum atomic E-state index is -0.216. The zero-order valence-corrected chi connectivity index (χ0v) is 12.4. The summed E-state index contributed by atoms with van der Waals surface area (Å²) in [5, 5.41) is 0. The van der Waals surface area contributed by atoms with Gasteiger partial charge in [-0.05, 0) is 56.1 Å². The first-order chi connectivity index (χ1) is 9.70. The van der Waals surface area contributed by atoms with Gasteiger partial charge in [0.1, 0.15) is 0 Å². The van der Waals surface area contributed by atoms with Gasteiger partial charge in [0.15, 0.2) is 11.6 Å². The molecule has 1 aromatic rings. The minimum absolute atomic E-state index is 0.216. The molecule has 0 amide bonds. The molecule has 1 saturated carbocycles. The molecule has 0 aromatic heterocycles. The van der Waals surface area contributed by atoms with Crippen LogP contribution in [0.2, 0.25) is 0 Å². The van der Waals surface area contributed by atoms with Crippen LogP contribution in [0, 0.1) is 24.6 Å². The lowest BCUT2D eigenvalue weighted by atomic mass is 9.80. The van der Waals surface area contributed by atoms with Gasteiger partial charge in [0.25, 0.3) is 0 Å². The maximum absolute atomic E-state index is 13.8. The molecule has 0 saturated heterocycles. The maximum Gasteiger partial charge on any atom is 0.167 e. The summed E-state index contributed by atoms with van der Waals surface area (Å²) in [6.07, 6.45) is 9.36. The van der Waals surface area contributed by atoms with Crippen molar-refractivity contribution in [2.45, 2.75) is 45.4 Å². The number of hydrogen-bond donors (Lipinski definition) is 0. The van der Waals surface area contributed by atoms with E-state index >= 15 is 0 Å². The first kappa shape index (κ1) is 15.1. The molecule has 1 aliphatic rings.